The summed E-state index contributed by atoms with van der Waals surface area (Å²) in [6.07, 6.45) is 1.32. The molecule has 1 saturated heterocycles. The number of likely N-dealkylation sites (tertiary alicyclic amines) is 1. The van der Waals surface area contributed by atoms with Crippen LogP contribution in [0.1, 0.15) is 23.2 Å². The molecule has 0 saturated carbocycles. The highest BCUT2D eigenvalue weighted by molar-refractivity contribution is 5.94. The van der Waals surface area contributed by atoms with Crippen molar-refractivity contribution in [3.8, 4) is 0 Å². The molecule has 2 atom stereocenters. The van der Waals surface area contributed by atoms with Gasteiger partial charge in [0.1, 0.15) is 0 Å². The van der Waals surface area contributed by atoms with Gasteiger partial charge >= 0.3 is 0 Å². The number of carbonyl (C=O) groups is 1. The summed E-state index contributed by atoms with van der Waals surface area (Å²) in [5.41, 5.74) is 5.43. The van der Waals surface area contributed by atoms with Gasteiger partial charge in [0.25, 0.3) is 5.91 Å². The standard InChI is InChI=1S/C14H18F2N2O2/c1-20-10-5-6-18(9(7-10)8-17)14(19)11-3-2-4-12(15)13(11)16/h2-4,9-10H,5-8,17H2,1H3. The number of nitrogens with two attached hydrogens (primary N) is 1. The van der Waals surface area contributed by atoms with Crippen molar-refractivity contribution in [1.82, 2.24) is 4.90 Å². The SMILES string of the molecule is COC1CCN(C(=O)c2cccc(F)c2F)C(CN)C1. The molecule has 20 heavy (non-hydrogen) atoms. The third kappa shape index (κ3) is 2.81. The second-order valence-electron chi connectivity index (χ2n) is 4.87. The average Bonchev–Trinajstić information content (AvgIpc) is 2.48. The molecule has 4 nitrogen and oxygen atoms in total. The van der Waals surface area contributed by atoms with E-state index >= 15 is 0 Å². The number of nitrogens with zero attached hydrogens (tertiary/aromatic N) is 1. The highest BCUT2D eigenvalue weighted by Gasteiger charge is 2.32. The molecule has 1 aromatic rings. The average molecular weight is 284 g/mol. The summed E-state index contributed by atoms with van der Waals surface area (Å²) in [6.45, 7) is 0.692. The van der Waals surface area contributed by atoms with Gasteiger partial charge in [-0.2, -0.15) is 0 Å². The minimum Gasteiger partial charge on any atom is -0.381 e. The first-order chi connectivity index (χ1) is 9.58. The second kappa shape index (κ2) is 6.28. The third-order valence-corrected chi connectivity index (χ3v) is 3.72. The van der Waals surface area contributed by atoms with Crippen molar-refractivity contribution in [2.75, 3.05) is 20.2 Å². The van der Waals surface area contributed by atoms with Gasteiger partial charge in [0.15, 0.2) is 11.6 Å². The first-order valence-corrected chi connectivity index (χ1v) is 6.56. The Kier molecular flexibility index (Phi) is 4.67. The van der Waals surface area contributed by atoms with E-state index in [1.165, 1.54) is 17.0 Å². The van der Waals surface area contributed by atoms with Crippen LogP contribution in [-0.2, 0) is 4.74 Å². The van der Waals surface area contributed by atoms with E-state index < -0.39 is 17.5 Å². The number of methoxy groups -OCH3 is 1. The lowest BCUT2D eigenvalue weighted by Crippen LogP contribution is -2.51. The number of piperidine rings is 1. The fourth-order valence-corrected chi connectivity index (χ4v) is 2.54. The van der Waals surface area contributed by atoms with Crippen LogP contribution in [0.4, 0.5) is 8.78 Å². The van der Waals surface area contributed by atoms with E-state index in [1.807, 2.05) is 0 Å². The number of amides is 1. The smallest absolute Gasteiger partial charge is 0.257 e. The van der Waals surface area contributed by atoms with Gasteiger partial charge in [0.05, 0.1) is 11.7 Å². The molecule has 0 aliphatic carbocycles. The fourth-order valence-electron chi connectivity index (χ4n) is 2.54. The summed E-state index contributed by atoms with van der Waals surface area (Å²) in [5.74, 6) is -2.65. The predicted octanol–water partition coefficient (Wildman–Crippen LogP) is 1.54. The molecule has 2 N–H and O–H groups in total. The van der Waals surface area contributed by atoms with Crippen molar-refractivity contribution in [3.63, 3.8) is 0 Å². The molecular formula is C14H18F2N2O2. The molecule has 2 rings (SSSR count). The Bertz CT molecular complexity index is 496. The van der Waals surface area contributed by atoms with Crippen LogP contribution < -0.4 is 5.73 Å². The van der Waals surface area contributed by atoms with Crippen LogP contribution in [0.15, 0.2) is 18.2 Å². The Balaban J connectivity index is 2.22. The first kappa shape index (κ1) is 14.9. The topological polar surface area (TPSA) is 55.6 Å². The van der Waals surface area contributed by atoms with Crippen LogP contribution in [-0.4, -0.2) is 43.2 Å². The Labute approximate surface area is 116 Å². The summed E-state index contributed by atoms with van der Waals surface area (Å²) in [7, 11) is 1.61. The minimum atomic E-state index is -1.11. The molecule has 1 amide bonds. The van der Waals surface area contributed by atoms with Crippen molar-refractivity contribution in [3.05, 3.63) is 35.4 Å². The van der Waals surface area contributed by atoms with E-state index in [4.69, 9.17) is 10.5 Å². The van der Waals surface area contributed by atoms with E-state index in [2.05, 4.69) is 0 Å². The van der Waals surface area contributed by atoms with Crippen molar-refractivity contribution >= 4 is 5.91 Å². The van der Waals surface area contributed by atoms with Gasteiger partial charge in [-0.15, -0.1) is 0 Å². The Morgan fingerprint density at radius 3 is 2.90 bits per heavy atom. The Morgan fingerprint density at radius 1 is 1.50 bits per heavy atom. The van der Waals surface area contributed by atoms with E-state index in [-0.39, 0.29) is 24.3 Å². The summed E-state index contributed by atoms with van der Waals surface area (Å²) in [6, 6.07) is 3.38. The van der Waals surface area contributed by atoms with Gasteiger partial charge < -0.3 is 15.4 Å². The molecule has 1 aliphatic rings. The molecule has 2 unspecified atom stereocenters. The molecule has 6 heteroatoms. The number of carbonyl (C=O) groups excluding carboxylic acids is 1. The monoisotopic (exact) mass is 284 g/mol. The van der Waals surface area contributed by atoms with Crippen LogP contribution in [0.2, 0.25) is 0 Å². The Hall–Kier alpha value is -1.53. The fraction of sp³-hybridized carbons (Fsp3) is 0.500. The van der Waals surface area contributed by atoms with Crippen LogP contribution in [0.5, 0.6) is 0 Å². The van der Waals surface area contributed by atoms with Gasteiger partial charge in [-0.1, -0.05) is 6.07 Å². The molecule has 1 aliphatic heterocycles. The highest BCUT2D eigenvalue weighted by Crippen LogP contribution is 2.23. The lowest BCUT2D eigenvalue weighted by Gasteiger charge is -2.38. The first-order valence-electron chi connectivity index (χ1n) is 6.56. The number of hydrogen-bond donors (Lipinski definition) is 1. The summed E-state index contributed by atoms with van der Waals surface area (Å²) in [4.78, 5) is 13.9. The second-order valence-corrected chi connectivity index (χ2v) is 4.87. The minimum absolute atomic E-state index is 0.0463. The largest absolute Gasteiger partial charge is 0.381 e. The van der Waals surface area contributed by atoms with Gasteiger partial charge in [-0.25, -0.2) is 8.78 Å². The number of rotatable bonds is 3. The normalized spacial score (nSPS) is 22.9. The lowest BCUT2D eigenvalue weighted by atomic mass is 9.98. The molecule has 1 aromatic carbocycles. The summed E-state index contributed by atoms with van der Waals surface area (Å²) >= 11 is 0. The van der Waals surface area contributed by atoms with Crippen molar-refractivity contribution < 1.29 is 18.3 Å². The molecule has 0 aromatic heterocycles. The van der Waals surface area contributed by atoms with E-state index in [9.17, 15) is 13.6 Å². The molecule has 1 fully saturated rings. The van der Waals surface area contributed by atoms with Gasteiger partial charge in [0, 0.05) is 26.2 Å². The molecule has 110 valence electrons. The zero-order chi connectivity index (χ0) is 14.7. The number of halogens is 2. The molecular weight excluding hydrogens is 266 g/mol. The van der Waals surface area contributed by atoms with Crippen LogP contribution in [0.3, 0.4) is 0 Å². The van der Waals surface area contributed by atoms with Crippen molar-refractivity contribution in [2.24, 2.45) is 5.73 Å². The molecule has 0 radical (unpaired) electrons. The summed E-state index contributed by atoms with van der Waals surface area (Å²) in [5, 5.41) is 0. The molecule has 0 spiro atoms. The zero-order valence-electron chi connectivity index (χ0n) is 11.3. The van der Waals surface area contributed by atoms with Crippen LogP contribution in [0.25, 0.3) is 0 Å². The van der Waals surface area contributed by atoms with Crippen molar-refractivity contribution in [1.29, 1.82) is 0 Å². The maximum absolute atomic E-state index is 13.7. The Morgan fingerprint density at radius 2 is 2.25 bits per heavy atom. The van der Waals surface area contributed by atoms with Gasteiger partial charge in [-0.05, 0) is 25.0 Å². The number of ether oxygens (including phenoxy) is 1. The lowest BCUT2D eigenvalue weighted by molar-refractivity contribution is 0.0136. The maximum atomic E-state index is 13.7. The number of benzene rings is 1. The number of hydrogen-bond acceptors (Lipinski definition) is 3. The van der Waals surface area contributed by atoms with Crippen LogP contribution >= 0.6 is 0 Å². The van der Waals surface area contributed by atoms with Crippen molar-refractivity contribution in [2.45, 2.75) is 25.0 Å². The molecule has 1 heterocycles. The quantitative estimate of drug-likeness (QED) is 0.916. The van der Waals surface area contributed by atoms with Crippen LogP contribution in [0, 0.1) is 11.6 Å². The summed E-state index contributed by atoms with van der Waals surface area (Å²) < 4.78 is 32.2. The van der Waals surface area contributed by atoms with Gasteiger partial charge in [-0.3, -0.25) is 4.79 Å². The highest BCUT2D eigenvalue weighted by atomic mass is 19.2. The van der Waals surface area contributed by atoms with E-state index in [0.717, 1.165) is 6.07 Å². The van der Waals surface area contributed by atoms with E-state index in [0.29, 0.717) is 19.4 Å². The van der Waals surface area contributed by atoms with E-state index in [1.54, 1.807) is 7.11 Å². The third-order valence-electron chi connectivity index (χ3n) is 3.72. The zero-order valence-corrected chi connectivity index (χ0v) is 11.3. The molecule has 0 bridgehead atoms. The predicted molar refractivity (Wildman–Crippen MR) is 70.3 cm³/mol. The van der Waals surface area contributed by atoms with Gasteiger partial charge in [0.2, 0.25) is 0 Å². The maximum Gasteiger partial charge on any atom is 0.257 e.